The minimum Gasteiger partial charge on any atom is -0.363 e. The number of anilines is 1. The first kappa shape index (κ1) is 19.9. The van der Waals surface area contributed by atoms with Crippen LogP contribution in [0.2, 0.25) is 0 Å². The molecule has 5 heteroatoms. The number of piperidine rings is 1. The molecule has 2 aromatic rings. The molecule has 3 nitrogen and oxygen atoms in total. The normalized spacial score (nSPS) is 23.2. The fraction of sp³-hybridized carbons (Fsp3) is 0.458. The first-order chi connectivity index (χ1) is 13.8. The lowest BCUT2D eigenvalue weighted by atomic mass is 9.89. The number of aryl methyl sites for hydroxylation is 1. The Balaban J connectivity index is 1.41. The van der Waals surface area contributed by atoms with Crippen LogP contribution in [0.1, 0.15) is 38.7 Å². The van der Waals surface area contributed by atoms with Gasteiger partial charge in [-0.15, -0.1) is 0 Å². The molecule has 0 aromatic heterocycles. The minimum atomic E-state index is -0.256. The first-order valence-electron chi connectivity index (χ1n) is 10.4. The summed E-state index contributed by atoms with van der Waals surface area (Å²) in [4.78, 5) is 17.1. The van der Waals surface area contributed by atoms with Crippen molar-refractivity contribution in [3.8, 4) is 0 Å². The van der Waals surface area contributed by atoms with Crippen molar-refractivity contribution >= 4 is 11.6 Å². The number of likely N-dealkylation sites (tertiary alicyclic amines) is 1. The van der Waals surface area contributed by atoms with Gasteiger partial charge in [0.1, 0.15) is 11.6 Å². The average molecular weight is 398 g/mol. The van der Waals surface area contributed by atoms with Gasteiger partial charge in [-0.3, -0.25) is 4.79 Å². The third-order valence-corrected chi connectivity index (χ3v) is 6.42. The van der Waals surface area contributed by atoms with E-state index in [0.717, 1.165) is 37.2 Å². The van der Waals surface area contributed by atoms with E-state index in [-0.39, 0.29) is 23.1 Å². The summed E-state index contributed by atoms with van der Waals surface area (Å²) in [6.07, 6.45) is 2.95. The summed E-state index contributed by atoms with van der Waals surface area (Å²) in [5.41, 5.74) is 1.84. The third-order valence-electron chi connectivity index (χ3n) is 6.42. The van der Waals surface area contributed by atoms with Crippen molar-refractivity contribution in [2.45, 2.75) is 51.1 Å². The summed E-state index contributed by atoms with van der Waals surface area (Å²) < 4.78 is 26.9. The Hall–Kier alpha value is -2.43. The first-order valence-corrected chi connectivity index (χ1v) is 10.4. The van der Waals surface area contributed by atoms with E-state index >= 15 is 0 Å². The van der Waals surface area contributed by atoms with E-state index in [4.69, 9.17) is 0 Å². The van der Waals surface area contributed by atoms with Gasteiger partial charge in [0.05, 0.1) is 0 Å². The summed E-state index contributed by atoms with van der Waals surface area (Å²) in [5, 5.41) is 0. The molecule has 0 bridgehead atoms. The number of nitrogens with zero attached hydrogens (tertiary/aromatic N) is 2. The van der Waals surface area contributed by atoms with Gasteiger partial charge < -0.3 is 9.80 Å². The Bertz CT molecular complexity index is 881. The zero-order chi connectivity index (χ0) is 20.6. The van der Waals surface area contributed by atoms with Crippen molar-refractivity contribution in [2.24, 2.45) is 5.92 Å². The second-order valence-corrected chi connectivity index (χ2v) is 8.95. The lowest BCUT2D eigenvalue weighted by Gasteiger charge is -2.42. The number of benzene rings is 2. The number of hydrogen-bond donors (Lipinski definition) is 0. The summed E-state index contributed by atoms with van der Waals surface area (Å²) in [6.45, 7) is 5.89. The topological polar surface area (TPSA) is 23.6 Å². The molecule has 0 N–H and O–H groups in total. The molecule has 2 saturated heterocycles. The van der Waals surface area contributed by atoms with E-state index in [1.807, 2.05) is 11.0 Å². The quantitative estimate of drug-likeness (QED) is 0.738. The summed E-state index contributed by atoms with van der Waals surface area (Å²) in [7, 11) is 0. The molecule has 0 spiro atoms. The molecule has 1 amide bonds. The van der Waals surface area contributed by atoms with Crippen molar-refractivity contribution in [3.05, 3.63) is 65.7 Å². The lowest BCUT2D eigenvalue weighted by molar-refractivity contribution is -0.133. The van der Waals surface area contributed by atoms with Crippen LogP contribution in [-0.2, 0) is 11.2 Å². The number of fused-ring (bicyclic) bond motifs is 1. The molecule has 2 aliphatic heterocycles. The Labute approximate surface area is 171 Å². The SMILES string of the molecule is CC1(C)C[C@@H]2CN(C(=O)CCc3ccc(F)cc3)CC[C@@H]2N1c1cccc(F)c1. The summed E-state index contributed by atoms with van der Waals surface area (Å²) in [5.74, 6) is 0.0792. The van der Waals surface area contributed by atoms with Crippen LogP contribution in [0.3, 0.4) is 0 Å². The molecule has 2 aromatic carbocycles. The standard InChI is InChI=1S/C24H28F2N2O/c1-24(2)15-18-16-27(23(29)11-8-17-6-9-19(25)10-7-17)13-12-22(18)28(24)21-5-3-4-20(26)14-21/h3-7,9-10,14,18,22H,8,11-13,15-16H2,1-2H3/t18-,22+/m1/s1. The van der Waals surface area contributed by atoms with Crippen molar-refractivity contribution in [2.75, 3.05) is 18.0 Å². The fourth-order valence-electron chi connectivity index (χ4n) is 5.20. The Morgan fingerprint density at radius 1 is 1.10 bits per heavy atom. The molecular weight excluding hydrogens is 370 g/mol. The van der Waals surface area contributed by atoms with Crippen molar-refractivity contribution in [1.29, 1.82) is 0 Å². The second-order valence-electron chi connectivity index (χ2n) is 8.95. The number of carbonyl (C=O) groups is 1. The number of amides is 1. The Morgan fingerprint density at radius 2 is 1.86 bits per heavy atom. The van der Waals surface area contributed by atoms with Crippen LogP contribution in [0.15, 0.2) is 48.5 Å². The summed E-state index contributed by atoms with van der Waals surface area (Å²) >= 11 is 0. The van der Waals surface area contributed by atoms with Crippen LogP contribution < -0.4 is 4.90 Å². The lowest BCUT2D eigenvalue weighted by Crippen LogP contribution is -2.50. The van der Waals surface area contributed by atoms with Gasteiger partial charge in [-0.25, -0.2) is 8.78 Å². The van der Waals surface area contributed by atoms with Gasteiger partial charge in [0.15, 0.2) is 0 Å². The molecule has 2 aliphatic rings. The highest BCUT2D eigenvalue weighted by Crippen LogP contribution is 2.44. The van der Waals surface area contributed by atoms with E-state index < -0.39 is 0 Å². The zero-order valence-corrected chi connectivity index (χ0v) is 17.1. The van der Waals surface area contributed by atoms with Gasteiger partial charge in [0, 0.05) is 36.8 Å². The zero-order valence-electron chi connectivity index (χ0n) is 17.1. The van der Waals surface area contributed by atoms with Crippen LogP contribution in [0.4, 0.5) is 14.5 Å². The average Bonchev–Trinajstić information content (AvgIpc) is 2.96. The van der Waals surface area contributed by atoms with Crippen LogP contribution in [0.25, 0.3) is 0 Å². The van der Waals surface area contributed by atoms with E-state index in [2.05, 4.69) is 18.7 Å². The highest BCUT2D eigenvalue weighted by Gasteiger charge is 2.48. The predicted octanol–water partition coefficient (Wildman–Crippen LogP) is 4.80. The largest absolute Gasteiger partial charge is 0.363 e. The molecule has 0 saturated carbocycles. The van der Waals surface area contributed by atoms with Crippen molar-refractivity contribution in [3.63, 3.8) is 0 Å². The van der Waals surface area contributed by atoms with Gasteiger partial charge in [0.2, 0.25) is 5.91 Å². The molecule has 2 fully saturated rings. The van der Waals surface area contributed by atoms with Gasteiger partial charge in [-0.2, -0.15) is 0 Å². The molecule has 0 unspecified atom stereocenters. The monoisotopic (exact) mass is 398 g/mol. The third kappa shape index (κ3) is 4.14. The smallest absolute Gasteiger partial charge is 0.222 e. The van der Waals surface area contributed by atoms with E-state index in [0.29, 0.717) is 24.8 Å². The molecule has 29 heavy (non-hydrogen) atoms. The number of halogens is 2. The molecule has 154 valence electrons. The van der Waals surface area contributed by atoms with Gasteiger partial charge >= 0.3 is 0 Å². The van der Waals surface area contributed by atoms with Crippen molar-refractivity contribution in [1.82, 2.24) is 4.90 Å². The minimum absolute atomic E-state index is 0.0731. The maximum absolute atomic E-state index is 13.8. The van der Waals surface area contributed by atoms with E-state index in [9.17, 15) is 13.6 Å². The molecule has 0 aliphatic carbocycles. The number of carbonyl (C=O) groups excluding carboxylic acids is 1. The van der Waals surface area contributed by atoms with Crippen LogP contribution in [0.5, 0.6) is 0 Å². The van der Waals surface area contributed by atoms with E-state index in [1.165, 1.54) is 18.2 Å². The van der Waals surface area contributed by atoms with Crippen LogP contribution in [-0.4, -0.2) is 35.5 Å². The van der Waals surface area contributed by atoms with Crippen molar-refractivity contribution < 1.29 is 13.6 Å². The van der Waals surface area contributed by atoms with Crippen LogP contribution in [0, 0.1) is 17.6 Å². The van der Waals surface area contributed by atoms with E-state index in [1.54, 1.807) is 24.3 Å². The van der Waals surface area contributed by atoms with Crippen LogP contribution >= 0.6 is 0 Å². The Morgan fingerprint density at radius 3 is 2.59 bits per heavy atom. The highest BCUT2D eigenvalue weighted by molar-refractivity contribution is 5.76. The molecule has 2 atom stereocenters. The van der Waals surface area contributed by atoms with Gasteiger partial charge in [-0.05, 0) is 74.9 Å². The molecule has 2 heterocycles. The maximum Gasteiger partial charge on any atom is 0.222 e. The Kier molecular flexibility index (Phi) is 5.32. The maximum atomic E-state index is 13.8. The van der Waals surface area contributed by atoms with Gasteiger partial charge in [-0.1, -0.05) is 18.2 Å². The number of hydrogen-bond acceptors (Lipinski definition) is 2. The molecule has 0 radical (unpaired) electrons. The second kappa shape index (κ2) is 7.77. The number of rotatable bonds is 4. The summed E-state index contributed by atoms with van der Waals surface area (Å²) in [6, 6.07) is 13.5. The predicted molar refractivity (Wildman–Crippen MR) is 111 cm³/mol. The molecule has 4 rings (SSSR count). The highest BCUT2D eigenvalue weighted by atomic mass is 19.1. The van der Waals surface area contributed by atoms with Gasteiger partial charge in [0.25, 0.3) is 0 Å². The fourth-order valence-corrected chi connectivity index (χ4v) is 5.20. The molecular formula is C24H28F2N2O.